The first-order valence-electron chi connectivity index (χ1n) is 7.24. The summed E-state index contributed by atoms with van der Waals surface area (Å²) < 4.78 is 5.71. The zero-order chi connectivity index (χ0) is 16.7. The Kier molecular flexibility index (Phi) is 5.67. The number of hydrogen-bond acceptors (Lipinski definition) is 5. The highest BCUT2D eigenvalue weighted by Crippen LogP contribution is 2.27. The fourth-order valence-corrected chi connectivity index (χ4v) is 2.25. The second kappa shape index (κ2) is 7.92. The molecule has 2 aromatic carbocycles. The molecule has 0 spiro atoms. The molecule has 1 N–H and O–H groups in total. The second-order valence-electron chi connectivity index (χ2n) is 4.84. The average molecular weight is 311 g/mol. The number of anilines is 1. The van der Waals surface area contributed by atoms with Gasteiger partial charge >= 0.3 is 0 Å². The molecule has 23 heavy (non-hydrogen) atoms. The van der Waals surface area contributed by atoms with Crippen LogP contribution in [0.25, 0.3) is 0 Å². The zero-order valence-corrected chi connectivity index (χ0v) is 12.7. The van der Waals surface area contributed by atoms with Crippen molar-refractivity contribution in [1.82, 2.24) is 0 Å². The lowest BCUT2D eigenvalue weighted by molar-refractivity contribution is -0.384. The highest BCUT2D eigenvalue weighted by Gasteiger charge is 2.17. The summed E-state index contributed by atoms with van der Waals surface area (Å²) in [5.74, 6) is 0. The zero-order valence-electron chi connectivity index (χ0n) is 12.7. The smallest absolute Gasteiger partial charge is 0.292 e. The van der Waals surface area contributed by atoms with Crippen molar-refractivity contribution < 1.29 is 9.66 Å². The molecule has 2 rings (SSSR count). The van der Waals surface area contributed by atoms with Gasteiger partial charge in [-0.1, -0.05) is 30.3 Å². The van der Waals surface area contributed by atoms with Gasteiger partial charge < -0.3 is 10.1 Å². The van der Waals surface area contributed by atoms with E-state index in [9.17, 15) is 10.1 Å². The number of nitro benzene ring substituents is 1. The van der Waals surface area contributed by atoms with Crippen molar-refractivity contribution in [1.29, 1.82) is 5.26 Å². The molecular weight excluding hydrogens is 294 g/mol. The van der Waals surface area contributed by atoms with Crippen LogP contribution in [0.1, 0.15) is 24.2 Å². The predicted molar refractivity (Wildman–Crippen MR) is 87.1 cm³/mol. The number of nitrogens with one attached hydrogen (secondary N) is 1. The van der Waals surface area contributed by atoms with Gasteiger partial charge in [0.25, 0.3) is 5.69 Å². The molecule has 0 heterocycles. The van der Waals surface area contributed by atoms with Crippen LogP contribution in [0.2, 0.25) is 0 Å². The van der Waals surface area contributed by atoms with Crippen LogP contribution in [0, 0.1) is 21.4 Å². The number of benzene rings is 2. The molecular formula is C17H17N3O3. The van der Waals surface area contributed by atoms with Crippen LogP contribution < -0.4 is 5.32 Å². The van der Waals surface area contributed by atoms with Gasteiger partial charge in [0.1, 0.15) is 5.69 Å². The quantitative estimate of drug-likeness (QED) is 0.622. The van der Waals surface area contributed by atoms with Gasteiger partial charge in [-0.05, 0) is 24.6 Å². The number of nitrogens with zero attached hydrogens (tertiary/aromatic N) is 2. The van der Waals surface area contributed by atoms with E-state index in [1.54, 1.807) is 0 Å². The monoisotopic (exact) mass is 311 g/mol. The van der Waals surface area contributed by atoms with Crippen LogP contribution in [0.15, 0.2) is 48.5 Å². The van der Waals surface area contributed by atoms with E-state index in [1.165, 1.54) is 18.2 Å². The first-order chi connectivity index (χ1) is 11.2. The highest BCUT2D eigenvalue weighted by molar-refractivity contribution is 5.64. The van der Waals surface area contributed by atoms with Crippen molar-refractivity contribution >= 4 is 11.4 Å². The fraction of sp³-hybridized carbons (Fsp3) is 0.235. The third kappa shape index (κ3) is 4.28. The maximum absolute atomic E-state index is 11.1. The van der Waals surface area contributed by atoms with Gasteiger partial charge in [-0.2, -0.15) is 5.26 Å². The van der Waals surface area contributed by atoms with Gasteiger partial charge in [-0.15, -0.1) is 0 Å². The maximum atomic E-state index is 11.1. The summed E-state index contributed by atoms with van der Waals surface area (Å²) in [6.45, 7) is 2.80. The predicted octanol–water partition coefficient (Wildman–Crippen LogP) is 3.66. The number of rotatable bonds is 7. The van der Waals surface area contributed by atoms with Crippen LogP contribution in [0.4, 0.5) is 11.4 Å². The molecule has 0 bridgehead atoms. The Balaban J connectivity index is 2.20. The molecule has 0 saturated heterocycles. The number of ether oxygens (including phenoxy) is 1. The largest absolute Gasteiger partial charge is 0.376 e. The van der Waals surface area contributed by atoms with Crippen molar-refractivity contribution in [2.45, 2.75) is 13.0 Å². The van der Waals surface area contributed by atoms with E-state index in [2.05, 4.69) is 5.32 Å². The van der Waals surface area contributed by atoms with Crippen molar-refractivity contribution in [2.75, 3.05) is 18.5 Å². The van der Waals surface area contributed by atoms with Crippen molar-refractivity contribution in [3.63, 3.8) is 0 Å². The van der Waals surface area contributed by atoms with Gasteiger partial charge in [-0.3, -0.25) is 10.1 Å². The summed E-state index contributed by atoms with van der Waals surface area (Å²) in [6.07, 6.45) is -0.230. The van der Waals surface area contributed by atoms with Gasteiger partial charge in [-0.25, -0.2) is 0 Å². The van der Waals surface area contributed by atoms with E-state index >= 15 is 0 Å². The number of nitriles is 1. The SMILES string of the molecule is CCOC(CNc1cc(C#N)ccc1[N+](=O)[O-])c1ccccc1. The summed E-state index contributed by atoms with van der Waals surface area (Å²) in [7, 11) is 0. The van der Waals surface area contributed by atoms with E-state index in [1.807, 2.05) is 43.3 Å². The summed E-state index contributed by atoms with van der Waals surface area (Å²) in [5, 5.41) is 23.1. The molecule has 0 aliphatic heterocycles. The molecule has 0 aliphatic rings. The Morgan fingerprint density at radius 1 is 1.30 bits per heavy atom. The Labute approximate surface area is 134 Å². The van der Waals surface area contributed by atoms with Crippen molar-refractivity contribution in [3.8, 4) is 6.07 Å². The Morgan fingerprint density at radius 2 is 2.04 bits per heavy atom. The molecule has 0 fully saturated rings. The molecule has 2 aromatic rings. The minimum absolute atomic E-state index is 0.0627. The van der Waals surface area contributed by atoms with Gasteiger partial charge in [0, 0.05) is 19.2 Å². The summed E-state index contributed by atoms with van der Waals surface area (Å²) >= 11 is 0. The topological polar surface area (TPSA) is 88.2 Å². The molecule has 1 atom stereocenters. The van der Waals surface area contributed by atoms with Gasteiger partial charge in [0.05, 0.1) is 22.7 Å². The Morgan fingerprint density at radius 3 is 2.65 bits per heavy atom. The summed E-state index contributed by atoms with van der Waals surface area (Å²) in [6, 6.07) is 15.9. The lowest BCUT2D eigenvalue weighted by atomic mass is 10.1. The first kappa shape index (κ1) is 16.5. The van der Waals surface area contributed by atoms with E-state index in [0.29, 0.717) is 24.4 Å². The van der Waals surface area contributed by atoms with Crippen molar-refractivity contribution in [3.05, 3.63) is 69.8 Å². The van der Waals surface area contributed by atoms with E-state index in [4.69, 9.17) is 10.00 Å². The normalized spacial score (nSPS) is 11.5. The molecule has 0 aromatic heterocycles. The standard InChI is InChI=1S/C17H17N3O3/c1-2-23-17(14-6-4-3-5-7-14)12-19-15-10-13(11-18)8-9-16(15)20(21)22/h3-10,17,19H,2,12H2,1H3. The van der Waals surface area contributed by atoms with E-state index in [0.717, 1.165) is 5.56 Å². The van der Waals surface area contributed by atoms with Crippen molar-refractivity contribution in [2.24, 2.45) is 0 Å². The van der Waals surface area contributed by atoms with E-state index in [-0.39, 0.29) is 11.8 Å². The fourth-order valence-electron chi connectivity index (χ4n) is 2.25. The van der Waals surface area contributed by atoms with Gasteiger partial charge in [0.15, 0.2) is 0 Å². The maximum Gasteiger partial charge on any atom is 0.292 e. The minimum atomic E-state index is -0.471. The molecule has 1 unspecified atom stereocenters. The molecule has 6 nitrogen and oxygen atoms in total. The average Bonchev–Trinajstić information content (AvgIpc) is 2.58. The molecule has 118 valence electrons. The molecule has 0 saturated carbocycles. The third-order valence-electron chi connectivity index (χ3n) is 3.34. The second-order valence-corrected chi connectivity index (χ2v) is 4.84. The lowest BCUT2D eigenvalue weighted by Gasteiger charge is -2.19. The van der Waals surface area contributed by atoms with Crippen LogP contribution in [-0.4, -0.2) is 18.1 Å². The highest BCUT2D eigenvalue weighted by atomic mass is 16.6. The molecule has 0 aliphatic carbocycles. The molecule has 6 heteroatoms. The summed E-state index contributed by atoms with van der Waals surface area (Å²) in [4.78, 5) is 10.6. The minimum Gasteiger partial charge on any atom is -0.376 e. The van der Waals surface area contributed by atoms with Crippen LogP contribution >= 0.6 is 0 Å². The van der Waals surface area contributed by atoms with Crippen LogP contribution in [0.5, 0.6) is 0 Å². The summed E-state index contributed by atoms with van der Waals surface area (Å²) in [5.41, 5.74) is 1.61. The Hall–Kier alpha value is -2.91. The third-order valence-corrected chi connectivity index (χ3v) is 3.34. The number of hydrogen-bond donors (Lipinski definition) is 1. The van der Waals surface area contributed by atoms with E-state index < -0.39 is 4.92 Å². The van der Waals surface area contributed by atoms with Gasteiger partial charge in [0.2, 0.25) is 0 Å². The lowest BCUT2D eigenvalue weighted by Crippen LogP contribution is -2.16. The molecule has 0 radical (unpaired) electrons. The van der Waals surface area contributed by atoms with Crippen LogP contribution in [-0.2, 0) is 4.74 Å². The van der Waals surface area contributed by atoms with Crippen LogP contribution in [0.3, 0.4) is 0 Å². The first-order valence-corrected chi connectivity index (χ1v) is 7.24. The number of nitro groups is 1. The molecule has 0 amide bonds. The Bertz CT molecular complexity index is 711.